The molecule has 3 aromatic heterocycles. The third-order valence-electron chi connectivity index (χ3n) is 4.41. The van der Waals surface area contributed by atoms with E-state index in [2.05, 4.69) is 10.3 Å². The molecular formula is C19H13F3N4O2. The van der Waals surface area contributed by atoms with Gasteiger partial charge < -0.3 is 9.88 Å². The molecule has 0 spiro atoms. The second-order valence-electron chi connectivity index (χ2n) is 6.20. The van der Waals surface area contributed by atoms with Crippen LogP contribution in [0.1, 0.15) is 16.1 Å². The van der Waals surface area contributed by atoms with Gasteiger partial charge in [0.2, 0.25) is 0 Å². The summed E-state index contributed by atoms with van der Waals surface area (Å²) in [4.78, 5) is 29.6. The van der Waals surface area contributed by atoms with Gasteiger partial charge in [-0.2, -0.15) is 13.2 Å². The second-order valence-corrected chi connectivity index (χ2v) is 6.20. The van der Waals surface area contributed by atoms with E-state index in [1.54, 1.807) is 31.4 Å². The molecule has 1 aromatic carbocycles. The lowest BCUT2D eigenvalue weighted by Crippen LogP contribution is -2.16. The lowest BCUT2D eigenvalue weighted by atomic mass is 10.2. The van der Waals surface area contributed by atoms with Crippen molar-refractivity contribution in [1.29, 1.82) is 0 Å². The normalized spacial score (nSPS) is 11.9. The lowest BCUT2D eigenvalue weighted by Gasteiger charge is -2.09. The Balaban J connectivity index is 1.71. The minimum Gasteiger partial charge on any atom is -0.324 e. The Morgan fingerprint density at radius 1 is 1.11 bits per heavy atom. The Hall–Kier alpha value is -3.62. The Morgan fingerprint density at radius 3 is 2.50 bits per heavy atom. The highest BCUT2D eigenvalue weighted by Gasteiger charge is 2.30. The van der Waals surface area contributed by atoms with Crippen LogP contribution >= 0.6 is 0 Å². The van der Waals surface area contributed by atoms with Gasteiger partial charge in [-0.25, -0.2) is 4.98 Å². The fourth-order valence-electron chi connectivity index (χ4n) is 2.98. The molecule has 1 amide bonds. The number of amides is 1. The molecule has 0 radical (unpaired) electrons. The molecule has 0 aliphatic carbocycles. The fourth-order valence-corrected chi connectivity index (χ4v) is 2.98. The maximum absolute atomic E-state index is 12.6. The highest BCUT2D eigenvalue weighted by atomic mass is 19.4. The summed E-state index contributed by atoms with van der Waals surface area (Å²) < 4.78 is 40.8. The number of carbonyl (C=O) groups excluding carboxylic acids is 1. The first kappa shape index (κ1) is 17.8. The van der Waals surface area contributed by atoms with Gasteiger partial charge in [-0.1, -0.05) is 6.07 Å². The Kier molecular flexibility index (Phi) is 3.95. The van der Waals surface area contributed by atoms with Gasteiger partial charge in [0.05, 0.1) is 10.9 Å². The van der Waals surface area contributed by atoms with Gasteiger partial charge in [-0.3, -0.25) is 14.0 Å². The number of aryl methyl sites for hydroxylation is 1. The van der Waals surface area contributed by atoms with Gasteiger partial charge in [0, 0.05) is 18.9 Å². The Labute approximate surface area is 155 Å². The van der Waals surface area contributed by atoms with Crippen molar-refractivity contribution >= 4 is 28.3 Å². The molecule has 0 bridgehead atoms. The molecule has 4 aromatic rings. The molecule has 3 heterocycles. The molecule has 4 rings (SSSR count). The second kappa shape index (κ2) is 6.22. The number of alkyl halides is 3. The maximum Gasteiger partial charge on any atom is 0.416 e. The molecule has 9 heteroatoms. The van der Waals surface area contributed by atoms with Gasteiger partial charge in [0.15, 0.2) is 0 Å². The van der Waals surface area contributed by atoms with Gasteiger partial charge >= 0.3 is 6.18 Å². The van der Waals surface area contributed by atoms with Gasteiger partial charge in [-0.15, -0.1) is 0 Å². The summed E-state index contributed by atoms with van der Waals surface area (Å²) in [5, 5.41) is 2.80. The van der Waals surface area contributed by atoms with Crippen molar-refractivity contribution in [2.45, 2.75) is 6.18 Å². The van der Waals surface area contributed by atoms with E-state index in [1.165, 1.54) is 27.2 Å². The van der Waals surface area contributed by atoms with Gasteiger partial charge in [0.1, 0.15) is 17.0 Å². The molecule has 0 fully saturated rings. The minimum atomic E-state index is -4.45. The molecule has 0 unspecified atom stereocenters. The third kappa shape index (κ3) is 2.90. The van der Waals surface area contributed by atoms with Gasteiger partial charge in [0.25, 0.3) is 11.5 Å². The number of rotatable bonds is 2. The summed E-state index contributed by atoms with van der Waals surface area (Å²) >= 11 is 0. The van der Waals surface area contributed by atoms with Crippen LogP contribution in [0.5, 0.6) is 0 Å². The number of carbonyl (C=O) groups is 1. The molecule has 142 valence electrons. The smallest absolute Gasteiger partial charge is 0.324 e. The molecule has 1 N–H and O–H groups in total. The van der Waals surface area contributed by atoms with E-state index in [0.29, 0.717) is 11.3 Å². The number of hydrogen-bond acceptors (Lipinski definition) is 3. The van der Waals surface area contributed by atoms with Crippen LogP contribution in [0.3, 0.4) is 0 Å². The molecule has 0 aliphatic rings. The van der Waals surface area contributed by atoms with Crippen molar-refractivity contribution in [3.05, 3.63) is 76.3 Å². The first-order valence-corrected chi connectivity index (χ1v) is 8.21. The van der Waals surface area contributed by atoms with Crippen LogP contribution in [0, 0.1) is 0 Å². The molecule has 0 atom stereocenters. The summed E-state index contributed by atoms with van der Waals surface area (Å²) in [7, 11) is 1.59. The number of halogens is 3. The Morgan fingerprint density at radius 2 is 1.82 bits per heavy atom. The van der Waals surface area contributed by atoms with Crippen molar-refractivity contribution in [3.8, 4) is 0 Å². The highest BCUT2D eigenvalue weighted by Crippen LogP contribution is 2.30. The Bertz CT molecular complexity index is 1270. The van der Waals surface area contributed by atoms with Crippen molar-refractivity contribution in [2.24, 2.45) is 7.05 Å². The monoisotopic (exact) mass is 386 g/mol. The van der Waals surface area contributed by atoms with E-state index in [-0.39, 0.29) is 22.3 Å². The summed E-state index contributed by atoms with van der Waals surface area (Å²) in [6.07, 6.45) is -2.87. The zero-order chi connectivity index (χ0) is 20.1. The van der Waals surface area contributed by atoms with Crippen molar-refractivity contribution in [2.75, 3.05) is 5.32 Å². The van der Waals surface area contributed by atoms with E-state index in [9.17, 15) is 22.8 Å². The number of anilines is 1. The van der Waals surface area contributed by atoms with Crippen LogP contribution in [0.4, 0.5) is 18.9 Å². The van der Waals surface area contributed by atoms with Crippen LogP contribution in [0.25, 0.3) is 16.7 Å². The number of fused-ring (bicyclic) bond motifs is 2. The van der Waals surface area contributed by atoms with E-state index < -0.39 is 17.6 Å². The van der Waals surface area contributed by atoms with E-state index in [4.69, 9.17) is 0 Å². The predicted octanol–water partition coefficient (Wildman–Crippen LogP) is 3.46. The number of nitrogens with one attached hydrogen (secondary N) is 1. The van der Waals surface area contributed by atoms with E-state index in [1.807, 2.05) is 0 Å². The van der Waals surface area contributed by atoms with Crippen LogP contribution < -0.4 is 10.9 Å². The summed E-state index contributed by atoms with van der Waals surface area (Å²) in [5.74, 6) is -0.561. The van der Waals surface area contributed by atoms with Crippen LogP contribution in [0.2, 0.25) is 0 Å². The SMILES string of the molecule is Cn1c(C(=O)Nc2ccc(C(F)(F)F)cc2)cc2c(=O)n3ccccc3nc21. The highest BCUT2D eigenvalue weighted by molar-refractivity contribution is 6.06. The summed E-state index contributed by atoms with van der Waals surface area (Å²) in [6.45, 7) is 0. The topological polar surface area (TPSA) is 68.4 Å². The molecule has 0 saturated carbocycles. The van der Waals surface area contributed by atoms with Crippen LogP contribution in [0.15, 0.2) is 59.5 Å². The van der Waals surface area contributed by atoms with Crippen molar-refractivity contribution in [3.63, 3.8) is 0 Å². The van der Waals surface area contributed by atoms with Crippen molar-refractivity contribution in [1.82, 2.24) is 14.0 Å². The lowest BCUT2D eigenvalue weighted by molar-refractivity contribution is -0.137. The van der Waals surface area contributed by atoms with E-state index >= 15 is 0 Å². The largest absolute Gasteiger partial charge is 0.416 e. The first-order chi connectivity index (χ1) is 13.3. The first-order valence-electron chi connectivity index (χ1n) is 8.21. The standard InChI is InChI=1S/C19H13F3N4O2/c1-25-14(17(27)23-12-7-5-11(6-8-12)19(20,21)22)10-13-16(25)24-15-4-2-3-9-26(15)18(13)28/h2-10H,1H3,(H,23,27). The zero-order valence-corrected chi connectivity index (χ0v) is 14.5. The van der Waals surface area contributed by atoms with Crippen molar-refractivity contribution < 1.29 is 18.0 Å². The molecule has 0 saturated heterocycles. The molecule has 6 nitrogen and oxygen atoms in total. The average Bonchev–Trinajstić information content (AvgIpc) is 2.99. The fraction of sp³-hybridized carbons (Fsp3) is 0.105. The maximum atomic E-state index is 12.6. The van der Waals surface area contributed by atoms with Gasteiger partial charge in [-0.05, 0) is 42.5 Å². The number of benzene rings is 1. The van der Waals surface area contributed by atoms with Crippen LogP contribution in [-0.2, 0) is 13.2 Å². The molecule has 28 heavy (non-hydrogen) atoms. The van der Waals surface area contributed by atoms with Crippen LogP contribution in [-0.4, -0.2) is 19.9 Å². The molecular weight excluding hydrogens is 373 g/mol. The zero-order valence-electron chi connectivity index (χ0n) is 14.5. The average molecular weight is 386 g/mol. The summed E-state index contributed by atoms with van der Waals surface area (Å²) in [5.41, 5.74) is 0.0296. The number of hydrogen-bond donors (Lipinski definition) is 1. The number of pyridine rings is 1. The molecule has 0 aliphatic heterocycles. The number of nitrogens with zero attached hydrogens (tertiary/aromatic N) is 3. The minimum absolute atomic E-state index is 0.162. The number of aromatic nitrogens is 3. The third-order valence-corrected chi connectivity index (χ3v) is 4.41. The predicted molar refractivity (Wildman–Crippen MR) is 97.3 cm³/mol. The summed E-state index contributed by atoms with van der Waals surface area (Å²) in [6, 6.07) is 10.7. The van der Waals surface area contributed by atoms with E-state index in [0.717, 1.165) is 12.1 Å². The quantitative estimate of drug-likeness (QED) is 0.574.